The average molecular weight is 357 g/mol. The highest BCUT2D eigenvalue weighted by Crippen LogP contribution is 2.33. The third-order valence-electron chi connectivity index (χ3n) is 2.07. The fourth-order valence-electron chi connectivity index (χ4n) is 1.38. The maximum atomic E-state index is 11.3. The van der Waals surface area contributed by atoms with Crippen LogP contribution in [0.15, 0.2) is 21.1 Å². The summed E-state index contributed by atoms with van der Waals surface area (Å²) in [6.45, 7) is 2.23. The molecule has 92 valence electrons. The number of aromatic nitrogens is 3. The van der Waals surface area contributed by atoms with Gasteiger partial charge in [0.1, 0.15) is 0 Å². The van der Waals surface area contributed by atoms with E-state index < -0.39 is 9.05 Å². The lowest BCUT2D eigenvalue weighted by Crippen LogP contribution is -2.05. The summed E-state index contributed by atoms with van der Waals surface area (Å²) >= 11 is 4.82. The Kier molecular flexibility index (Phi) is 3.58. The lowest BCUT2D eigenvalue weighted by atomic mass is 10.4. The second kappa shape index (κ2) is 4.68. The molecule has 0 N–H and O–H groups in total. The van der Waals surface area contributed by atoms with Crippen LogP contribution in [0.5, 0.6) is 0 Å². The van der Waals surface area contributed by atoms with E-state index in [1.165, 1.54) is 15.9 Å². The van der Waals surface area contributed by atoms with E-state index >= 15 is 0 Å². The Morgan fingerprint density at radius 3 is 2.71 bits per heavy atom. The number of nitrogens with zero attached hydrogens (tertiary/aromatic N) is 3. The average Bonchev–Trinajstić information content (AvgIpc) is 2.81. The lowest BCUT2D eigenvalue weighted by molar-refractivity contribution is 0.583. The fraction of sp³-hybridized carbons (Fsp3) is 0.250. The predicted octanol–water partition coefficient (Wildman–Crippen LogP) is 2.72. The molecule has 2 aromatic heterocycles. The van der Waals surface area contributed by atoms with Crippen molar-refractivity contribution in [2.75, 3.05) is 0 Å². The van der Waals surface area contributed by atoms with Gasteiger partial charge in [0, 0.05) is 21.7 Å². The summed E-state index contributed by atoms with van der Waals surface area (Å²) in [4.78, 5) is 0.825. The molecule has 2 heterocycles. The topological polar surface area (TPSA) is 64.8 Å². The van der Waals surface area contributed by atoms with E-state index in [-0.39, 0.29) is 5.16 Å². The first-order chi connectivity index (χ1) is 7.95. The molecular weight excluding hydrogens is 350 g/mol. The Bertz CT molecular complexity index is 650. The molecular formula is C8H7BrClN3O2S2. The van der Waals surface area contributed by atoms with E-state index in [0.29, 0.717) is 12.4 Å². The fourth-order valence-corrected chi connectivity index (χ4v) is 3.88. The molecule has 0 aromatic carbocycles. The molecule has 0 atom stereocenters. The lowest BCUT2D eigenvalue weighted by Gasteiger charge is -2.04. The molecule has 0 spiro atoms. The molecule has 0 amide bonds. The second-order valence-corrected chi connectivity index (χ2v) is 7.32. The normalized spacial score (nSPS) is 11.9. The van der Waals surface area contributed by atoms with Crippen molar-refractivity contribution in [2.24, 2.45) is 0 Å². The van der Waals surface area contributed by atoms with E-state index in [1.54, 1.807) is 6.92 Å². The minimum atomic E-state index is -3.88. The van der Waals surface area contributed by atoms with Crippen LogP contribution in [0.3, 0.4) is 0 Å². The van der Waals surface area contributed by atoms with Gasteiger partial charge in [0.25, 0.3) is 14.2 Å². The number of hydrogen-bond donors (Lipinski definition) is 0. The third kappa shape index (κ3) is 2.40. The first-order valence-corrected chi connectivity index (χ1v) is 8.54. The van der Waals surface area contributed by atoms with Gasteiger partial charge in [-0.1, -0.05) is 0 Å². The van der Waals surface area contributed by atoms with Gasteiger partial charge in [-0.25, -0.2) is 8.42 Å². The Morgan fingerprint density at radius 2 is 2.24 bits per heavy atom. The predicted molar refractivity (Wildman–Crippen MR) is 69.7 cm³/mol. The van der Waals surface area contributed by atoms with Crippen molar-refractivity contribution >= 4 is 47.0 Å². The first kappa shape index (κ1) is 13.0. The summed E-state index contributed by atoms with van der Waals surface area (Å²) in [5.74, 6) is 0.494. The molecule has 2 aromatic rings. The number of thiophene rings is 1. The van der Waals surface area contributed by atoms with E-state index in [2.05, 4.69) is 26.1 Å². The van der Waals surface area contributed by atoms with Crippen LogP contribution >= 0.6 is 37.9 Å². The smallest absolute Gasteiger partial charge is 0.296 e. The van der Waals surface area contributed by atoms with Crippen LogP contribution in [-0.2, 0) is 15.6 Å². The maximum Gasteiger partial charge on any atom is 0.296 e. The molecule has 0 saturated carbocycles. The van der Waals surface area contributed by atoms with Gasteiger partial charge in [-0.3, -0.25) is 4.57 Å². The van der Waals surface area contributed by atoms with Crippen molar-refractivity contribution < 1.29 is 8.42 Å². The summed E-state index contributed by atoms with van der Waals surface area (Å²) in [7, 11) is 1.42. The summed E-state index contributed by atoms with van der Waals surface area (Å²) in [6.07, 6.45) is 0. The highest BCUT2D eigenvalue weighted by molar-refractivity contribution is 9.10. The molecule has 0 unspecified atom stereocenters. The summed E-state index contributed by atoms with van der Waals surface area (Å²) in [5.41, 5.74) is 0. The minimum absolute atomic E-state index is 0.225. The van der Waals surface area contributed by atoms with E-state index in [4.69, 9.17) is 10.7 Å². The Labute approximate surface area is 115 Å². The van der Waals surface area contributed by atoms with E-state index in [0.717, 1.165) is 9.35 Å². The van der Waals surface area contributed by atoms with Gasteiger partial charge in [0.15, 0.2) is 5.82 Å². The van der Waals surface area contributed by atoms with Gasteiger partial charge in [0.05, 0.1) is 4.88 Å². The molecule has 0 aliphatic rings. The number of rotatable bonds is 3. The van der Waals surface area contributed by atoms with Crippen molar-refractivity contribution in [1.82, 2.24) is 14.8 Å². The van der Waals surface area contributed by atoms with Crippen LogP contribution in [0.25, 0.3) is 10.7 Å². The zero-order valence-corrected chi connectivity index (χ0v) is 12.6. The van der Waals surface area contributed by atoms with Gasteiger partial charge < -0.3 is 0 Å². The van der Waals surface area contributed by atoms with Crippen molar-refractivity contribution in [2.45, 2.75) is 18.6 Å². The van der Waals surface area contributed by atoms with Gasteiger partial charge in [-0.15, -0.1) is 21.5 Å². The van der Waals surface area contributed by atoms with Crippen LogP contribution in [0.4, 0.5) is 0 Å². The second-order valence-electron chi connectivity index (χ2n) is 3.09. The van der Waals surface area contributed by atoms with E-state index in [1.807, 2.05) is 11.4 Å². The SMILES string of the molecule is CCn1c(-c2sccc2Br)nnc1S(=O)(=O)Cl. The molecule has 9 heteroatoms. The molecule has 0 aliphatic carbocycles. The highest BCUT2D eigenvalue weighted by atomic mass is 79.9. The van der Waals surface area contributed by atoms with Crippen molar-refractivity contribution in [3.8, 4) is 10.7 Å². The van der Waals surface area contributed by atoms with Crippen LogP contribution in [0.1, 0.15) is 6.92 Å². The molecule has 5 nitrogen and oxygen atoms in total. The summed E-state index contributed by atoms with van der Waals surface area (Å²) in [5, 5.41) is 9.17. The van der Waals surface area contributed by atoms with Crippen LogP contribution < -0.4 is 0 Å². The van der Waals surface area contributed by atoms with Crippen LogP contribution in [0.2, 0.25) is 0 Å². The molecule has 2 rings (SSSR count). The van der Waals surface area contributed by atoms with E-state index in [9.17, 15) is 8.42 Å². The summed E-state index contributed by atoms with van der Waals surface area (Å²) < 4.78 is 24.9. The molecule has 0 radical (unpaired) electrons. The van der Waals surface area contributed by atoms with Crippen LogP contribution in [0, 0.1) is 0 Å². The van der Waals surface area contributed by atoms with Gasteiger partial charge in [-0.2, -0.15) is 0 Å². The molecule has 0 saturated heterocycles. The van der Waals surface area contributed by atoms with Gasteiger partial charge >= 0.3 is 0 Å². The van der Waals surface area contributed by atoms with Crippen molar-refractivity contribution in [1.29, 1.82) is 0 Å². The monoisotopic (exact) mass is 355 g/mol. The van der Waals surface area contributed by atoms with Crippen molar-refractivity contribution in [3.05, 3.63) is 15.9 Å². The molecule has 0 bridgehead atoms. The first-order valence-electron chi connectivity index (χ1n) is 4.56. The van der Waals surface area contributed by atoms with Crippen LogP contribution in [-0.4, -0.2) is 23.2 Å². The number of halogens is 2. The quantitative estimate of drug-likeness (QED) is 0.793. The standard InChI is InChI=1S/C8H7BrClN3O2S2/c1-2-13-7(6-5(9)3-4-16-6)11-12-8(13)17(10,14)15/h3-4H,2H2,1H3. The van der Waals surface area contributed by atoms with Gasteiger partial charge in [0.2, 0.25) is 0 Å². The third-order valence-corrected chi connectivity index (χ3v) is 5.06. The largest absolute Gasteiger partial charge is 0.296 e. The zero-order valence-electron chi connectivity index (χ0n) is 8.59. The maximum absolute atomic E-state index is 11.3. The summed E-state index contributed by atoms with van der Waals surface area (Å²) in [6, 6.07) is 1.86. The Hall–Kier alpha value is -0.440. The minimum Gasteiger partial charge on any atom is -0.296 e. The molecule has 0 fully saturated rings. The number of hydrogen-bond acceptors (Lipinski definition) is 5. The Morgan fingerprint density at radius 1 is 1.53 bits per heavy atom. The molecule has 17 heavy (non-hydrogen) atoms. The molecule has 0 aliphatic heterocycles. The highest BCUT2D eigenvalue weighted by Gasteiger charge is 2.23. The van der Waals surface area contributed by atoms with Gasteiger partial charge in [-0.05, 0) is 34.3 Å². The zero-order chi connectivity index (χ0) is 12.6. The Balaban J connectivity index is 2.66. The van der Waals surface area contributed by atoms with Crippen molar-refractivity contribution in [3.63, 3.8) is 0 Å².